The van der Waals surface area contributed by atoms with Crippen molar-refractivity contribution in [3.8, 4) is 0 Å². The summed E-state index contributed by atoms with van der Waals surface area (Å²) in [6.07, 6.45) is 3.86. The Bertz CT molecular complexity index is 821. The molecule has 28 heavy (non-hydrogen) atoms. The third-order valence-corrected chi connectivity index (χ3v) is 7.24. The Labute approximate surface area is 172 Å². The van der Waals surface area contributed by atoms with Crippen LogP contribution in [-0.4, -0.2) is 61.0 Å². The van der Waals surface area contributed by atoms with Gasteiger partial charge in [0.1, 0.15) is 5.82 Å². The maximum atomic E-state index is 13.4. The van der Waals surface area contributed by atoms with E-state index >= 15 is 0 Å². The number of nitrogens with zero attached hydrogens (tertiary/aromatic N) is 4. The van der Waals surface area contributed by atoms with Gasteiger partial charge in [0.25, 0.3) is 0 Å². The van der Waals surface area contributed by atoms with E-state index in [0.717, 1.165) is 51.4 Å². The van der Waals surface area contributed by atoms with Crippen LogP contribution in [0.5, 0.6) is 0 Å². The van der Waals surface area contributed by atoms with Gasteiger partial charge in [0.2, 0.25) is 5.91 Å². The van der Waals surface area contributed by atoms with Gasteiger partial charge in [-0.05, 0) is 50.6 Å². The van der Waals surface area contributed by atoms with Crippen LogP contribution in [0.4, 0.5) is 5.82 Å². The smallest absolute Gasteiger partial charge is 0.230 e. The minimum atomic E-state index is -0.304. The van der Waals surface area contributed by atoms with Crippen LogP contribution < -0.4 is 4.90 Å². The molecule has 0 bridgehead atoms. The van der Waals surface area contributed by atoms with Gasteiger partial charge in [-0.3, -0.25) is 9.69 Å². The van der Waals surface area contributed by atoms with E-state index in [-0.39, 0.29) is 11.3 Å². The maximum absolute atomic E-state index is 13.4. The zero-order chi connectivity index (χ0) is 19.7. The summed E-state index contributed by atoms with van der Waals surface area (Å²) >= 11 is 1.88. The molecule has 2 aliphatic rings. The Hall–Kier alpha value is -1.92. The minimum absolute atomic E-state index is 0.282. The van der Waals surface area contributed by atoms with Crippen LogP contribution >= 0.6 is 11.3 Å². The number of thiophene rings is 1. The number of carbonyl (C=O) groups excluding carboxylic acids is 1. The Kier molecular flexibility index (Phi) is 5.43. The molecule has 0 unspecified atom stereocenters. The molecule has 2 aromatic heterocycles. The van der Waals surface area contributed by atoms with Crippen molar-refractivity contribution in [1.29, 1.82) is 0 Å². The van der Waals surface area contributed by atoms with Gasteiger partial charge < -0.3 is 9.80 Å². The fourth-order valence-corrected chi connectivity index (χ4v) is 5.89. The highest BCUT2D eigenvalue weighted by molar-refractivity contribution is 7.11. The van der Waals surface area contributed by atoms with Gasteiger partial charge >= 0.3 is 0 Å². The standard InChI is InChI=1S/C22H30N4OS/c1-17-8-9-19(28-17)15-25-12-6-10-22(21(27)24(2)3)16-26(14-18(22)13-25)20-7-4-5-11-23-20/h4-5,7-9,11,18H,6,10,12-16H2,1-3H3/t18-,22-/m0/s1. The van der Waals surface area contributed by atoms with Crippen molar-refractivity contribution in [3.05, 3.63) is 46.3 Å². The largest absolute Gasteiger partial charge is 0.355 e. The first-order chi connectivity index (χ1) is 13.5. The number of aryl methyl sites for hydroxylation is 1. The molecule has 5 nitrogen and oxygen atoms in total. The summed E-state index contributed by atoms with van der Waals surface area (Å²) in [7, 11) is 3.79. The normalized spacial score (nSPS) is 25.4. The summed E-state index contributed by atoms with van der Waals surface area (Å²) in [5.41, 5.74) is -0.304. The molecule has 0 aliphatic carbocycles. The summed E-state index contributed by atoms with van der Waals surface area (Å²) in [4.78, 5) is 27.4. The summed E-state index contributed by atoms with van der Waals surface area (Å²) in [5.74, 6) is 1.60. The Morgan fingerprint density at radius 1 is 1.29 bits per heavy atom. The van der Waals surface area contributed by atoms with Crippen molar-refractivity contribution < 1.29 is 4.79 Å². The first-order valence-electron chi connectivity index (χ1n) is 10.1. The molecule has 6 heteroatoms. The summed E-state index contributed by atoms with van der Waals surface area (Å²) < 4.78 is 0. The Balaban J connectivity index is 1.59. The van der Waals surface area contributed by atoms with Crippen molar-refractivity contribution >= 4 is 23.1 Å². The zero-order valence-electron chi connectivity index (χ0n) is 17.1. The highest BCUT2D eigenvalue weighted by Crippen LogP contribution is 2.45. The van der Waals surface area contributed by atoms with Gasteiger partial charge in [-0.1, -0.05) is 6.07 Å². The predicted octanol–water partition coefficient (Wildman–Crippen LogP) is 3.26. The van der Waals surface area contributed by atoms with E-state index in [1.807, 2.05) is 43.8 Å². The second kappa shape index (κ2) is 7.84. The van der Waals surface area contributed by atoms with E-state index in [4.69, 9.17) is 0 Å². The molecule has 2 atom stereocenters. The minimum Gasteiger partial charge on any atom is -0.355 e. The average molecular weight is 399 g/mol. The summed E-state index contributed by atoms with van der Waals surface area (Å²) in [5, 5.41) is 0. The second-order valence-electron chi connectivity index (χ2n) is 8.47. The quantitative estimate of drug-likeness (QED) is 0.793. The van der Waals surface area contributed by atoms with E-state index in [2.05, 4.69) is 39.9 Å². The van der Waals surface area contributed by atoms with Crippen molar-refractivity contribution in [2.24, 2.45) is 11.3 Å². The SMILES string of the molecule is Cc1ccc(CN2CCC[C@]3(C(=O)N(C)C)CN(c4ccccn4)C[C@@H]3C2)s1. The van der Waals surface area contributed by atoms with Crippen LogP contribution in [0.15, 0.2) is 36.5 Å². The van der Waals surface area contributed by atoms with Crippen LogP contribution in [0.3, 0.4) is 0 Å². The van der Waals surface area contributed by atoms with Crippen LogP contribution in [-0.2, 0) is 11.3 Å². The number of fused-ring (bicyclic) bond motifs is 1. The number of aromatic nitrogens is 1. The summed E-state index contributed by atoms with van der Waals surface area (Å²) in [6.45, 7) is 6.87. The first-order valence-corrected chi connectivity index (χ1v) is 10.9. The van der Waals surface area contributed by atoms with Crippen molar-refractivity contribution in [1.82, 2.24) is 14.8 Å². The predicted molar refractivity (Wildman–Crippen MR) is 115 cm³/mol. The highest BCUT2D eigenvalue weighted by atomic mass is 32.1. The van der Waals surface area contributed by atoms with Crippen LogP contribution in [0.2, 0.25) is 0 Å². The first kappa shape index (κ1) is 19.4. The van der Waals surface area contributed by atoms with Gasteiger partial charge in [0.05, 0.1) is 5.41 Å². The molecule has 0 N–H and O–H groups in total. The lowest BCUT2D eigenvalue weighted by Gasteiger charge is -2.34. The van der Waals surface area contributed by atoms with Crippen molar-refractivity contribution in [3.63, 3.8) is 0 Å². The third-order valence-electron chi connectivity index (χ3n) is 6.25. The number of rotatable bonds is 4. The molecule has 2 fully saturated rings. The highest BCUT2D eigenvalue weighted by Gasteiger charge is 2.53. The number of hydrogen-bond donors (Lipinski definition) is 0. The number of carbonyl (C=O) groups is 1. The summed E-state index contributed by atoms with van der Waals surface area (Å²) in [6, 6.07) is 10.5. The van der Waals surface area contributed by atoms with E-state index in [0.29, 0.717) is 5.92 Å². The molecule has 2 aliphatic heterocycles. The van der Waals surface area contributed by atoms with Crippen LogP contribution in [0, 0.1) is 18.3 Å². The Morgan fingerprint density at radius 2 is 2.14 bits per heavy atom. The molecule has 4 rings (SSSR count). The second-order valence-corrected chi connectivity index (χ2v) is 9.84. The topological polar surface area (TPSA) is 39.7 Å². The number of likely N-dealkylation sites (tertiary alicyclic amines) is 1. The third kappa shape index (κ3) is 3.67. The zero-order valence-corrected chi connectivity index (χ0v) is 17.9. The number of amides is 1. The van der Waals surface area contributed by atoms with E-state index in [1.165, 1.54) is 9.75 Å². The van der Waals surface area contributed by atoms with E-state index in [1.54, 1.807) is 4.90 Å². The van der Waals surface area contributed by atoms with Gasteiger partial charge in [0.15, 0.2) is 0 Å². The molecular weight excluding hydrogens is 368 g/mol. The number of hydrogen-bond acceptors (Lipinski definition) is 5. The molecule has 4 heterocycles. The molecule has 1 amide bonds. The molecule has 150 valence electrons. The monoisotopic (exact) mass is 398 g/mol. The number of pyridine rings is 1. The van der Waals surface area contributed by atoms with E-state index < -0.39 is 0 Å². The molecule has 0 spiro atoms. The fourth-order valence-electron chi connectivity index (χ4n) is 4.96. The maximum Gasteiger partial charge on any atom is 0.230 e. The van der Waals surface area contributed by atoms with Gasteiger partial charge in [-0.25, -0.2) is 4.98 Å². The van der Waals surface area contributed by atoms with Gasteiger partial charge in [-0.2, -0.15) is 0 Å². The van der Waals surface area contributed by atoms with Crippen LogP contribution in [0.1, 0.15) is 22.6 Å². The lowest BCUT2D eigenvalue weighted by molar-refractivity contribution is -0.141. The molecule has 0 saturated carbocycles. The van der Waals surface area contributed by atoms with Crippen LogP contribution in [0.25, 0.3) is 0 Å². The molecule has 2 aromatic rings. The van der Waals surface area contributed by atoms with Gasteiger partial charge in [-0.15, -0.1) is 11.3 Å². The lowest BCUT2D eigenvalue weighted by Crippen LogP contribution is -2.47. The lowest BCUT2D eigenvalue weighted by atomic mass is 9.74. The van der Waals surface area contributed by atoms with Gasteiger partial charge in [0, 0.05) is 62.1 Å². The molecule has 2 saturated heterocycles. The van der Waals surface area contributed by atoms with Crippen molar-refractivity contribution in [2.45, 2.75) is 26.3 Å². The Morgan fingerprint density at radius 3 is 2.82 bits per heavy atom. The molecule has 0 radical (unpaired) electrons. The molecule has 0 aromatic carbocycles. The average Bonchev–Trinajstić information content (AvgIpc) is 3.21. The molecular formula is C22H30N4OS. The fraction of sp³-hybridized carbons (Fsp3) is 0.545. The number of anilines is 1. The van der Waals surface area contributed by atoms with Crippen molar-refractivity contribution in [2.75, 3.05) is 45.2 Å². The van der Waals surface area contributed by atoms with E-state index in [9.17, 15) is 4.79 Å².